The van der Waals surface area contributed by atoms with E-state index in [0.29, 0.717) is 25.8 Å². The van der Waals surface area contributed by atoms with Crippen LogP contribution in [0.4, 0.5) is 22.0 Å². The first-order chi connectivity index (χ1) is 18.3. The second-order valence-corrected chi connectivity index (χ2v) is 10.6. The van der Waals surface area contributed by atoms with Crippen LogP contribution in [0.1, 0.15) is 80.4 Å². The number of carbonyl (C=O) groups excluding carboxylic acids is 1. The maximum absolute atomic E-state index is 13.9. The van der Waals surface area contributed by atoms with Crippen molar-refractivity contribution in [3.63, 3.8) is 0 Å². The number of hydrogen-bond acceptors (Lipinski definition) is 4. The fourth-order valence-corrected chi connectivity index (χ4v) is 5.68. The number of rotatable bonds is 9. The van der Waals surface area contributed by atoms with E-state index in [4.69, 9.17) is 0 Å². The summed E-state index contributed by atoms with van der Waals surface area (Å²) in [4.78, 5) is 26.4. The highest BCUT2D eigenvalue weighted by atomic mass is 19.4. The number of nitrogens with zero attached hydrogens (tertiary/aromatic N) is 3. The summed E-state index contributed by atoms with van der Waals surface area (Å²) in [6.45, 7) is 1.72. The molecule has 12 heteroatoms. The number of piperidine rings is 1. The molecule has 214 valence electrons. The van der Waals surface area contributed by atoms with Crippen LogP contribution in [-0.2, 0) is 11.0 Å². The lowest BCUT2D eigenvalue weighted by atomic mass is 9.99. The molecule has 39 heavy (non-hydrogen) atoms. The molecule has 1 saturated heterocycles. The number of carboxylic acid groups (broad SMARTS) is 1. The van der Waals surface area contributed by atoms with Crippen molar-refractivity contribution in [2.75, 3.05) is 13.1 Å². The van der Waals surface area contributed by atoms with Crippen molar-refractivity contribution in [3.05, 3.63) is 41.6 Å². The van der Waals surface area contributed by atoms with Gasteiger partial charge in [-0.05, 0) is 51.3 Å². The number of hydrogen-bond donors (Lipinski definition) is 2. The van der Waals surface area contributed by atoms with E-state index in [0.717, 1.165) is 18.9 Å². The highest BCUT2D eigenvalue weighted by Crippen LogP contribution is 2.40. The fourth-order valence-electron chi connectivity index (χ4n) is 5.68. The van der Waals surface area contributed by atoms with Gasteiger partial charge in [0.25, 0.3) is 11.8 Å². The molecule has 2 heterocycles. The molecule has 1 saturated carbocycles. The first-order valence-corrected chi connectivity index (χ1v) is 13.2. The molecule has 1 aromatic carbocycles. The molecule has 0 bridgehead atoms. The van der Waals surface area contributed by atoms with Gasteiger partial charge in [0.2, 0.25) is 0 Å². The molecule has 2 unspecified atom stereocenters. The summed E-state index contributed by atoms with van der Waals surface area (Å²) in [6.07, 6.45) is -1.62. The minimum absolute atomic E-state index is 0.0924. The van der Waals surface area contributed by atoms with Crippen molar-refractivity contribution in [2.24, 2.45) is 0 Å². The van der Waals surface area contributed by atoms with Crippen LogP contribution in [0.15, 0.2) is 30.3 Å². The summed E-state index contributed by atoms with van der Waals surface area (Å²) < 4.78 is 70.7. The highest BCUT2D eigenvalue weighted by molar-refractivity contribution is 5.94. The average molecular weight is 557 g/mol. The Labute approximate surface area is 223 Å². The lowest BCUT2D eigenvalue weighted by Gasteiger charge is -2.37. The summed E-state index contributed by atoms with van der Waals surface area (Å²) in [6, 6.07) is 4.94. The number of aromatic nitrogens is 2. The van der Waals surface area contributed by atoms with Crippen LogP contribution in [0, 0.1) is 0 Å². The maximum atomic E-state index is 13.9. The highest BCUT2D eigenvalue weighted by Gasteiger charge is 2.38. The number of carbonyl (C=O) groups is 2. The van der Waals surface area contributed by atoms with Crippen molar-refractivity contribution in [1.29, 1.82) is 0 Å². The Kier molecular flexibility index (Phi) is 8.63. The topological polar surface area (TPSA) is 87.5 Å². The van der Waals surface area contributed by atoms with Crippen molar-refractivity contribution in [3.8, 4) is 11.3 Å². The van der Waals surface area contributed by atoms with Gasteiger partial charge in [-0.25, -0.2) is 8.78 Å². The van der Waals surface area contributed by atoms with Gasteiger partial charge in [-0.1, -0.05) is 31.0 Å². The van der Waals surface area contributed by atoms with Gasteiger partial charge in [0.15, 0.2) is 5.69 Å². The molecular formula is C27H33F5N4O3. The van der Waals surface area contributed by atoms with Gasteiger partial charge in [-0.15, -0.1) is 0 Å². The van der Waals surface area contributed by atoms with Gasteiger partial charge >= 0.3 is 12.1 Å². The molecular weight excluding hydrogens is 523 g/mol. The van der Waals surface area contributed by atoms with E-state index >= 15 is 0 Å². The molecule has 2 atom stereocenters. The van der Waals surface area contributed by atoms with Crippen LogP contribution in [0.2, 0.25) is 0 Å². The van der Waals surface area contributed by atoms with Gasteiger partial charge in [0.1, 0.15) is 0 Å². The molecule has 0 radical (unpaired) electrons. The molecule has 1 aromatic heterocycles. The van der Waals surface area contributed by atoms with Crippen LogP contribution < -0.4 is 5.32 Å². The van der Waals surface area contributed by atoms with E-state index < -0.39 is 54.6 Å². The van der Waals surface area contributed by atoms with E-state index in [1.165, 1.54) is 28.9 Å². The molecule has 4 rings (SSSR count). The van der Waals surface area contributed by atoms with Crippen LogP contribution in [0.3, 0.4) is 0 Å². The van der Waals surface area contributed by atoms with Crippen molar-refractivity contribution >= 4 is 11.9 Å². The van der Waals surface area contributed by atoms with Crippen LogP contribution >= 0.6 is 0 Å². The predicted octanol–water partition coefficient (Wildman–Crippen LogP) is 5.77. The molecule has 7 nitrogen and oxygen atoms in total. The summed E-state index contributed by atoms with van der Waals surface area (Å²) in [7, 11) is 0. The minimum Gasteiger partial charge on any atom is -0.481 e. The fraction of sp³-hybridized carbons (Fsp3) is 0.593. The van der Waals surface area contributed by atoms with E-state index in [9.17, 15) is 36.6 Å². The molecule has 1 aliphatic carbocycles. The van der Waals surface area contributed by atoms with E-state index in [1.54, 1.807) is 11.8 Å². The van der Waals surface area contributed by atoms with Gasteiger partial charge in [-0.3, -0.25) is 19.2 Å². The van der Waals surface area contributed by atoms with Crippen LogP contribution in [0.5, 0.6) is 0 Å². The quantitative estimate of drug-likeness (QED) is 0.383. The number of carboxylic acids is 1. The molecule has 1 aliphatic heterocycles. The second kappa shape index (κ2) is 11.6. The third kappa shape index (κ3) is 7.14. The van der Waals surface area contributed by atoms with Crippen molar-refractivity contribution < 1.29 is 36.6 Å². The summed E-state index contributed by atoms with van der Waals surface area (Å²) >= 11 is 0. The van der Waals surface area contributed by atoms with Crippen LogP contribution in [-0.4, -0.2) is 62.8 Å². The summed E-state index contributed by atoms with van der Waals surface area (Å²) in [5.41, 5.74) is -0.891. The summed E-state index contributed by atoms with van der Waals surface area (Å²) in [5.74, 6) is -4.72. The Morgan fingerprint density at radius 3 is 2.51 bits per heavy atom. The smallest absolute Gasteiger partial charge is 0.417 e. The zero-order valence-electron chi connectivity index (χ0n) is 21.7. The number of nitrogens with one attached hydrogen (secondary N) is 1. The largest absolute Gasteiger partial charge is 0.481 e. The maximum Gasteiger partial charge on any atom is 0.417 e. The minimum atomic E-state index is -4.61. The molecule has 2 aromatic rings. The number of halogens is 5. The number of amides is 1. The number of likely N-dealkylation sites (tertiary alicyclic amines) is 1. The number of aliphatic carboxylic acids is 1. The number of benzene rings is 1. The van der Waals surface area contributed by atoms with Crippen LogP contribution in [0.25, 0.3) is 11.3 Å². The number of alkyl halides is 5. The standard InChI is InChI=1S/C27H33F5N4O3/c1-17(35-12-6-11-26(28,29)16-35)13-18(14-24(37)38)33-25(39)22-15-23(36(34-22)19-7-2-3-8-19)20-9-4-5-10-21(20)27(30,31)32/h4-5,9-10,15,17-19H,2-3,6-8,11-14,16H2,1H3,(H,33,39)(H,37,38). The first kappa shape index (κ1) is 29.0. The van der Waals surface area contributed by atoms with E-state index in [1.807, 2.05) is 0 Å². The monoisotopic (exact) mass is 556 g/mol. The first-order valence-electron chi connectivity index (χ1n) is 13.2. The lowest BCUT2D eigenvalue weighted by molar-refractivity contribution is -0.138. The average Bonchev–Trinajstić information content (AvgIpc) is 3.52. The van der Waals surface area contributed by atoms with Crippen molar-refractivity contribution in [2.45, 2.75) is 88.5 Å². The predicted molar refractivity (Wildman–Crippen MR) is 134 cm³/mol. The van der Waals surface area contributed by atoms with Gasteiger partial charge in [-0.2, -0.15) is 18.3 Å². The second-order valence-electron chi connectivity index (χ2n) is 10.6. The SMILES string of the molecule is CC(CC(CC(=O)O)NC(=O)c1cc(-c2ccccc2C(F)(F)F)n(C2CCCC2)n1)N1CCCC(F)(F)C1. The van der Waals surface area contributed by atoms with Gasteiger partial charge < -0.3 is 10.4 Å². The zero-order chi connectivity index (χ0) is 28.4. The molecule has 2 aliphatic rings. The summed E-state index contributed by atoms with van der Waals surface area (Å²) in [5, 5.41) is 16.5. The Morgan fingerprint density at radius 2 is 1.87 bits per heavy atom. The van der Waals surface area contributed by atoms with Crippen molar-refractivity contribution in [1.82, 2.24) is 20.0 Å². The van der Waals surface area contributed by atoms with E-state index in [-0.39, 0.29) is 35.8 Å². The van der Waals surface area contributed by atoms with E-state index in [2.05, 4.69) is 10.4 Å². The van der Waals surface area contributed by atoms with Gasteiger partial charge in [0.05, 0.1) is 30.3 Å². The lowest BCUT2D eigenvalue weighted by Crippen LogP contribution is -2.49. The third-order valence-electron chi connectivity index (χ3n) is 7.57. The molecule has 0 spiro atoms. The molecule has 2 fully saturated rings. The Morgan fingerprint density at radius 1 is 1.18 bits per heavy atom. The zero-order valence-corrected chi connectivity index (χ0v) is 21.7. The Balaban J connectivity index is 1.59. The Hall–Kier alpha value is -3.02. The molecule has 2 N–H and O–H groups in total. The Bertz CT molecular complexity index is 1180. The normalized spacial score (nSPS) is 20.1. The third-order valence-corrected chi connectivity index (χ3v) is 7.57. The van der Waals surface area contributed by atoms with Gasteiger partial charge in [0, 0.05) is 24.1 Å². The molecule has 1 amide bonds.